The summed E-state index contributed by atoms with van der Waals surface area (Å²) in [5.74, 6) is -0.0706. The van der Waals surface area contributed by atoms with Gasteiger partial charge in [0.2, 0.25) is 5.01 Å². The number of hydrogen-bond donors (Lipinski definition) is 1. The zero-order valence-corrected chi connectivity index (χ0v) is 18.9. The van der Waals surface area contributed by atoms with Crippen molar-refractivity contribution in [1.82, 2.24) is 10.2 Å². The van der Waals surface area contributed by atoms with Gasteiger partial charge in [-0.15, -0.1) is 10.2 Å². The van der Waals surface area contributed by atoms with E-state index in [0.29, 0.717) is 39.5 Å². The summed E-state index contributed by atoms with van der Waals surface area (Å²) in [6.45, 7) is 2.23. The monoisotopic (exact) mass is 479 g/mol. The topological polar surface area (TPSA) is 90.4 Å². The van der Waals surface area contributed by atoms with Crippen molar-refractivity contribution in [3.05, 3.63) is 68.1 Å². The van der Waals surface area contributed by atoms with Crippen molar-refractivity contribution in [3.63, 3.8) is 0 Å². The first-order valence-electron chi connectivity index (χ1n) is 9.34. The Hall–Kier alpha value is -2.68. The highest BCUT2D eigenvalue weighted by molar-refractivity contribution is 7.13. The third-order valence-electron chi connectivity index (χ3n) is 4.04. The van der Waals surface area contributed by atoms with Crippen molar-refractivity contribution in [2.24, 2.45) is 0 Å². The molecule has 1 heterocycles. The lowest BCUT2D eigenvalue weighted by Crippen LogP contribution is -2.11. The van der Waals surface area contributed by atoms with Crippen molar-refractivity contribution in [3.8, 4) is 5.75 Å². The van der Waals surface area contributed by atoms with Crippen LogP contribution in [0.25, 0.3) is 0 Å². The molecule has 0 saturated carbocycles. The van der Waals surface area contributed by atoms with Crippen LogP contribution >= 0.6 is 34.5 Å². The Morgan fingerprint density at radius 3 is 2.61 bits per heavy atom. The number of rotatable bonds is 9. The zero-order valence-electron chi connectivity index (χ0n) is 16.6. The molecule has 1 amide bonds. The van der Waals surface area contributed by atoms with Crippen LogP contribution in [0.4, 0.5) is 5.69 Å². The Labute approximate surface area is 193 Å². The number of amides is 1. The molecule has 162 valence electrons. The summed E-state index contributed by atoms with van der Waals surface area (Å²) in [5.41, 5.74) is 1.52. The minimum absolute atomic E-state index is 0.0397. The lowest BCUT2D eigenvalue weighted by molar-refractivity contribution is -0.145. The number of anilines is 1. The van der Waals surface area contributed by atoms with Gasteiger partial charge in [-0.25, -0.2) is 0 Å². The second kappa shape index (κ2) is 11.1. The summed E-state index contributed by atoms with van der Waals surface area (Å²) in [6.07, 6.45) is 0.709. The van der Waals surface area contributed by atoms with Crippen molar-refractivity contribution in [1.29, 1.82) is 0 Å². The number of carbonyl (C=O) groups excluding carboxylic acids is 2. The molecule has 7 nitrogen and oxygen atoms in total. The third kappa shape index (κ3) is 7.20. The highest BCUT2D eigenvalue weighted by atomic mass is 35.5. The van der Waals surface area contributed by atoms with Crippen molar-refractivity contribution in [2.45, 2.75) is 26.4 Å². The molecule has 3 rings (SSSR count). The second-order valence-corrected chi connectivity index (χ2v) is 8.39. The van der Waals surface area contributed by atoms with Gasteiger partial charge in [0.05, 0.1) is 6.61 Å². The van der Waals surface area contributed by atoms with Gasteiger partial charge < -0.3 is 14.8 Å². The van der Waals surface area contributed by atoms with E-state index in [1.807, 2.05) is 13.0 Å². The second-order valence-electron chi connectivity index (χ2n) is 6.49. The Morgan fingerprint density at radius 1 is 1.10 bits per heavy atom. The molecule has 0 radical (unpaired) electrons. The quantitative estimate of drug-likeness (QED) is 0.330. The molecule has 31 heavy (non-hydrogen) atoms. The Balaban J connectivity index is 1.37. The van der Waals surface area contributed by atoms with Crippen molar-refractivity contribution < 1.29 is 19.1 Å². The number of nitrogens with one attached hydrogen (secondary N) is 1. The van der Waals surface area contributed by atoms with Crippen LogP contribution in [0.5, 0.6) is 5.75 Å². The number of aromatic nitrogens is 2. The van der Waals surface area contributed by atoms with E-state index < -0.39 is 5.91 Å². The Bertz CT molecular complexity index is 1060. The first kappa shape index (κ1) is 23.0. The summed E-state index contributed by atoms with van der Waals surface area (Å²) >= 11 is 12.9. The highest BCUT2D eigenvalue weighted by Crippen LogP contribution is 2.21. The van der Waals surface area contributed by atoms with E-state index in [-0.39, 0.29) is 24.0 Å². The van der Waals surface area contributed by atoms with Gasteiger partial charge >= 0.3 is 5.97 Å². The summed E-state index contributed by atoms with van der Waals surface area (Å²) in [6, 6.07) is 12.1. The maximum atomic E-state index is 12.2. The van der Waals surface area contributed by atoms with Crippen LogP contribution in [0.15, 0.2) is 42.5 Å². The van der Waals surface area contributed by atoms with Gasteiger partial charge in [0.15, 0.2) is 5.01 Å². The Morgan fingerprint density at radius 2 is 1.87 bits per heavy atom. The van der Waals surface area contributed by atoms with Gasteiger partial charge in [0.1, 0.15) is 12.4 Å². The van der Waals surface area contributed by atoms with E-state index in [0.717, 1.165) is 16.9 Å². The molecule has 0 aliphatic rings. The van der Waals surface area contributed by atoms with Crippen LogP contribution in [0.2, 0.25) is 10.0 Å². The molecule has 0 aliphatic heterocycles. The first-order chi connectivity index (χ1) is 14.9. The molecule has 10 heteroatoms. The van der Waals surface area contributed by atoms with Crippen LogP contribution in [-0.2, 0) is 16.1 Å². The molecule has 0 bridgehead atoms. The molecule has 1 aromatic heterocycles. The number of benzene rings is 2. The normalized spacial score (nSPS) is 10.5. The molecule has 0 saturated heterocycles. The lowest BCUT2D eigenvalue weighted by Gasteiger charge is -2.07. The standard InChI is InChI=1S/C21H19Cl2N3O4S/c1-13-11-16(8-9-17(13)23)29-10-2-3-19(27)30-12-18-25-26-21(31-18)20(28)24-15-6-4-14(22)5-7-15/h4-9,11H,2-3,10,12H2,1H3,(H,24,28). The van der Waals surface area contributed by atoms with Crippen molar-refractivity contribution >= 4 is 52.1 Å². The van der Waals surface area contributed by atoms with Crippen molar-refractivity contribution in [2.75, 3.05) is 11.9 Å². The fourth-order valence-corrected chi connectivity index (χ4v) is 3.34. The van der Waals surface area contributed by atoms with E-state index in [1.165, 1.54) is 0 Å². The SMILES string of the molecule is Cc1cc(OCCCC(=O)OCc2nnc(C(=O)Nc3ccc(Cl)cc3)s2)ccc1Cl. The van der Waals surface area contributed by atoms with Gasteiger partial charge in [-0.1, -0.05) is 34.5 Å². The molecule has 1 N–H and O–H groups in total. The molecule has 2 aromatic carbocycles. The highest BCUT2D eigenvalue weighted by Gasteiger charge is 2.14. The number of ether oxygens (including phenoxy) is 2. The zero-order chi connectivity index (χ0) is 22.2. The summed E-state index contributed by atoms with van der Waals surface area (Å²) in [4.78, 5) is 24.1. The number of hydrogen-bond acceptors (Lipinski definition) is 7. The van der Waals surface area contributed by atoms with E-state index >= 15 is 0 Å². The minimum atomic E-state index is -0.396. The number of carbonyl (C=O) groups is 2. The molecular weight excluding hydrogens is 461 g/mol. The van der Waals surface area contributed by atoms with E-state index in [2.05, 4.69) is 15.5 Å². The van der Waals surface area contributed by atoms with Gasteiger partial charge in [0, 0.05) is 22.2 Å². The molecule has 3 aromatic rings. The summed E-state index contributed by atoms with van der Waals surface area (Å²) in [5, 5.41) is 12.3. The average Bonchev–Trinajstić information content (AvgIpc) is 3.23. The predicted octanol–water partition coefficient (Wildman–Crippen LogP) is 5.31. The van der Waals surface area contributed by atoms with Gasteiger partial charge in [0.25, 0.3) is 5.91 Å². The molecule has 0 unspecified atom stereocenters. The number of nitrogens with zero attached hydrogens (tertiary/aromatic N) is 2. The van der Waals surface area contributed by atoms with Gasteiger partial charge in [-0.05, 0) is 61.4 Å². The maximum Gasteiger partial charge on any atom is 0.306 e. The molecule has 0 spiro atoms. The molecule has 0 aliphatic carbocycles. The predicted molar refractivity (Wildman–Crippen MR) is 120 cm³/mol. The Kier molecular flexibility index (Phi) is 8.22. The summed E-state index contributed by atoms with van der Waals surface area (Å²) < 4.78 is 10.8. The molecular formula is C21H19Cl2N3O4S. The van der Waals surface area contributed by atoms with Gasteiger partial charge in [-0.3, -0.25) is 9.59 Å². The minimum Gasteiger partial charge on any atom is -0.494 e. The number of esters is 1. The van der Waals surface area contributed by atoms with Crippen LogP contribution in [0.1, 0.15) is 33.2 Å². The smallest absolute Gasteiger partial charge is 0.306 e. The van der Waals surface area contributed by atoms with E-state index in [9.17, 15) is 9.59 Å². The largest absolute Gasteiger partial charge is 0.494 e. The first-order valence-corrected chi connectivity index (χ1v) is 10.9. The van der Waals surface area contributed by atoms with Crippen LogP contribution in [-0.4, -0.2) is 28.7 Å². The fraction of sp³-hybridized carbons (Fsp3) is 0.238. The molecule has 0 atom stereocenters. The van der Waals surface area contributed by atoms with E-state index in [1.54, 1.807) is 36.4 Å². The van der Waals surface area contributed by atoms with Gasteiger partial charge in [-0.2, -0.15) is 0 Å². The molecule has 0 fully saturated rings. The third-order valence-corrected chi connectivity index (χ3v) is 5.61. The van der Waals surface area contributed by atoms with Crippen LogP contribution in [0.3, 0.4) is 0 Å². The van der Waals surface area contributed by atoms with E-state index in [4.69, 9.17) is 32.7 Å². The maximum absolute atomic E-state index is 12.2. The number of aryl methyl sites for hydroxylation is 1. The fourth-order valence-electron chi connectivity index (χ4n) is 2.45. The lowest BCUT2D eigenvalue weighted by atomic mass is 10.2. The van der Waals surface area contributed by atoms with Crippen LogP contribution < -0.4 is 10.1 Å². The van der Waals surface area contributed by atoms with Crippen LogP contribution in [0, 0.1) is 6.92 Å². The number of halogens is 2. The summed E-state index contributed by atoms with van der Waals surface area (Å²) in [7, 11) is 0. The average molecular weight is 480 g/mol.